The summed E-state index contributed by atoms with van der Waals surface area (Å²) in [5.41, 5.74) is 4.45. The lowest BCUT2D eigenvalue weighted by molar-refractivity contribution is 0.930. The third kappa shape index (κ3) is 2.81. The summed E-state index contributed by atoms with van der Waals surface area (Å²) in [6.07, 6.45) is 5.36. The molecule has 0 amide bonds. The molecule has 0 aliphatic carbocycles. The van der Waals surface area contributed by atoms with Crippen molar-refractivity contribution < 1.29 is 0 Å². The molecule has 6 heteroatoms. The Morgan fingerprint density at radius 3 is 1.96 bits per heavy atom. The molecule has 126 valence electrons. The minimum Gasteiger partial charge on any atom is -0.266 e. The number of rotatable bonds is 3. The third-order valence-electron chi connectivity index (χ3n) is 4.13. The maximum Gasteiger partial charge on any atom is 0.235 e. The highest BCUT2D eigenvalue weighted by Gasteiger charge is 2.22. The van der Waals surface area contributed by atoms with Gasteiger partial charge in [-0.1, -0.05) is 0 Å². The Kier molecular flexibility index (Phi) is 4.01. The van der Waals surface area contributed by atoms with E-state index in [1.54, 1.807) is 35.1 Å². The van der Waals surface area contributed by atoms with Gasteiger partial charge in [-0.25, -0.2) is 15.0 Å². The molecular weight excluding hydrogens is 348 g/mol. The Bertz CT molecular complexity index is 1040. The predicted molar refractivity (Wildman–Crippen MR) is 105 cm³/mol. The summed E-state index contributed by atoms with van der Waals surface area (Å²) in [5, 5.41) is 0. The van der Waals surface area contributed by atoms with E-state index < -0.39 is 0 Å². The van der Waals surface area contributed by atoms with Crippen molar-refractivity contribution >= 4 is 22.7 Å². The summed E-state index contributed by atoms with van der Waals surface area (Å²) in [4.78, 5) is 18.7. The van der Waals surface area contributed by atoms with E-state index in [0.29, 0.717) is 5.95 Å². The zero-order valence-corrected chi connectivity index (χ0v) is 16.2. The van der Waals surface area contributed by atoms with E-state index in [1.807, 2.05) is 17.0 Å². The Morgan fingerprint density at radius 2 is 1.40 bits per heavy atom. The molecule has 0 fully saturated rings. The zero-order valence-electron chi connectivity index (χ0n) is 14.6. The van der Waals surface area contributed by atoms with E-state index in [0.717, 1.165) is 11.4 Å². The summed E-state index contributed by atoms with van der Waals surface area (Å²) in [7, 11) is 0. The number of nitrogens with zero attached hydrogens (tertiary/aromatic N) is 4. The molecule has 0 spiro atoms. The quantitative estimate of drug-likeness (QED) is 0.491. The van der Waals surface area contributed by atoms with Crippen LogP contribution in [0.3, 0.4) is 0 Å². The highest BCUT2D eigenvalue weighted by molar-refractivity contribution is 7.12. The fourth-order valence-corrected chi connectivity index (χ4v) is 4.95. The molecule has 4 aromatic heterocycles. The van der Waals surface area contributed by atoms with Crippen LogP contribution in [0.4, 0.5) is 0 Å². The van der Waals surface area contributed by atoms with E-state index >= 15 is 0 Å². The first kappa shape index (κ1) is 16.2. The summed E-state index contributed by atoms with van der Waals surface area (Å²) < 4.78 is 2.00. The SMILES string of the molecule is Cc1cc(-c2ncn(-c3ncccn3)c2-c2cc(C)sc2C)c(C)s1. The largest absolute Gasteiger partial charge is 0.266 e. The van der Waals surface area contributed by atoms with Gasteiger partial charge in [-0.2, -0.15) is 0 Å². The second kappa shape index (κ2) is 6.20. The van der Waals surface area contributed by atoms with Gasteiger partial charge < -0.3 is 0 Å². The van der Waals surface area contributed by atoms with Crippen LogP contribution < -0.4 is 0 Å². The highest BCUT2D eigenvalue weighted by atomic mass is 32.1. The molecule has 0 saturated heterocycles. The van der Waals surface area contributed by atoms with Crippen LogP contribution in [0.2, 0.25) is 0 Å². The second-order valence-corrected chi connectivity index (χ2v) is 8.94. The van der Waals surface area contributed by atoms with E-state index in [9.17, 15) is 0 Å². The first-order valence-corrected chi connectivity index (χ1v) is 9.67. The molecule has 4 aromatic rings. The van der Waals surface area contributed by atoms with Gasteiger partial charge in [0.25, 0.3) is 0 Å². The lowest BCUT2D eigenvalue weighted by Gasteiger charge is -2.08. The Hall–Kier alpha value is -2.31. The van der Waals surface area contributed by atoms with Crippen molar-refractivity contribution in [2.24, 2.45) is 0 Å². The average Bonchev–Trinajstić information content (AvgIpc) is 3.24. The molecule has 0 radical (unpaired) electrons. The minimum atomic E-state index is 0.643. The molecule has 0 aliphatic heterocycles. The van der Waals surface area contributed by atoms with Crippen LogP contribution >= 0.6 is 22.7 Å². The number of imidazole rings is 1. The van der Waals surface area contributed by atoms with Crippen LogP contribution in [0.1, 0.15) is 19.5 Å². The standard InChI is InChI=1S/C19H18N4S2/c1-11-8-15(13(3)24-11)17-18(16-9-12(2)25-14(16)4)23(10-22-17)19-20-6-5-7-21-19/h5-10H,1-4H3. The van der Waals surface area contributed by atoms with Crippen molar-refractivity contribution in [3.05, 3.63) is 56.4 Å². The van der Waals surface area contributed by atoms with Crippen molar-refractivity contribution in [1.29, 1.82) is 0 Å². The maximum absolute atomic E-state index is 4.76. The highest BCUT2D eigenvalue weighted by Crippen LogP contribution is 2.40. The van der Waals surface area contributed by atoms with Crippen LogP contribution in [0, 0.1) is 27.7 Å². The predicted octanol–water partition coefficient (Wildman–Crippen LogP) is 5.35. The molecule has 25 heavy (non-hydrogen) atoms. The fraction of sp³-hybridized carbons (Fsp3) is 0.211. The van der Waals surface area contributed by atoms with Gasteiger partial charge in [0.1, 0.15) is 6.33 Å². The van der Waals surface area contributed by atoms with Gasteiger partial charge in [-0.05, 0) is 45.9 Å². The van der Waals surface area contributed by atoms with Gasteiger partial charge in [0.15, 0.2) is 0 Å². The lowest BCUT2D eigenvalue weighted by Crippen LogP contribution is -2.01. The molecule has 0 aromatic carbocycles. The summed E-state index contributed by atoms with van der Waals surface area (Å²) in [5.74, 6) is 0.643. The van der Waals surface area contributed by atoms with Gasteiger partial charge in [-0.15, -0.1) is 22.7 Å². The Morgan fingerprint density at radius 1 is 0.800 bits per heavy atom. The van der Waals surface area contributed by atoms with Crippen LogP contribution in [-0.4, -0.2) is 19.5 Å². The van der Waals surface area contributed by atoms with Crippen molar-refractivity contribution in [2.45, 2.75) is 27.7 Å². The third-order valence-corrected chi connectivity index (χ3v) is 6.06. The molecule has 0 atom stereocenters. The number of thiophene rings is 2. The monoisotopic (exact) mass is 366 g/mol. The van der Waals surface area contributed by atoms with E-state index in [-0.39, 0.29) is 0 Å². The summed E-state index contributed by atoms with van der Waals surface area (Å²) in [6, 6.07) is 6.28. The minimum absolute atomic E-state index is 0.643. The Balaban J connectivity index is 2.02. The number of aryl methyl sites for hydroxylation is 4. The van der Waals surface area contributed by atoms with Crippen molar-refractivity contribution in [1.82, 2.24) is 19.5 Å². The number of hydrogen-bond donors (Lipinski definition) is 0. The van der Waals surface area contributed by atoms with Crippen LogP contribution in [0.5, 0.6) is 0 Å². The number of hydrogen-bond acceptors (Lipinski definition) is 5. The molecule has 4 rings (SSSR count). The molecule has 0 N–H and O–H groups in total. The van der Waals surface area contributed by atoms with Gasteiger partial charge in [-0.3, -0.25) is 4.57 Å². The Labute approximate surface area is 154 Å². The first-order chi connectivity index (χ1) is 12.0. The van der Waals surface area contributed by atoms with Crippen molar-refractivity contribution in [2.75, 3.05) is 0 Å². The van der Waals surface area contributed by atoms with Crippen molar-refractivity contribution in [3.63, 3.8) is 0 Å². The fourth-order valence-electron chi connectivity index (χ4n) is 3.10. The normalized spacial score (nSPS) is 11.2. The molecule has 0 aliphatic rings. The topological polar surface area (TPSA) is 43.6 Å². The first-order valence-electron chi connectivity index (χ1n) is 8.04. The van der Waals surface area contributed by atoms with Crippen molar-refractivity contribution in [3.8, 4) is 28.5 Å². The number of aromatic nitrogens is 4. The van der Waals surface area contributed by atoms with Gasteiger partial charge in [0.2, 0.25) is 5.95 Å². The average molecular weight is 367 g/mol. The van der Waals surface area contributed by atoms with E-state index in [1.165, 1.54) is 30.6 Å². The van der Waals surface area contributed by atoms with Gasteiger partial charge >= 0.3 is 0 Å². The lowest BCUT2D eigenvalue weighted by atomic mass is 10.1. The zero-order chi connectivity index (χ0) is 17.6. The van der Waals surface area contributed by atoms with Crippen LogP contribution in [-0.2, 0) is 0 Å². The molecular formula is C19H18N4S2. The van der Waals surface area contributed by atoms with Crippen LogP contribution in [0.25, 0.3) is 28.5 Å². The van der Waals surface area contributed by atoms with E-state index in [2.05, 4.69) is 49.8 Å². The van der Waals surface area contributed by atoms with Gasteiger partial charge in [0, 0.05) is 43.0 Å². The molecule has 4 heterocycles. The van der Waals surface area contributed by atoms with Gasteiger partial charge in [0.05, 0.1) is 11.4 Å². The van der Waals surface area contributed by atoms with Crippen LogP contribution in [0.15, 0.2) is 36.9 Å². The maximum atomic E-state index is 4.76. The molecule has 0 unspecified atom stereocenters. The summed E-state index contributed by atoms with van der Waals surface area (Å²) >= 11 is 3.61. The molecule has 4 nitrogen and oxygen atoms in total. The smallest absolute Gasteiger partial charge is 0.235 e. The molecule has 0 bridgehead atoms. The van der Waals surface area contributed by atoms with E-state index in [4.69, 9.17) is 4.98 Å². The molecule has 0 saturated carbocycles. The summed E-state index contributed by atoms with van der Waals surface area (Å²) in [6.45, 7) is 8.59. The second-order valence-electron chi connectivity index (χ2n) is 6.01.